The number of nitrogens with zero attached hydrogens (tertiary/aromatic N) is 3. The van der Waals surface area contributed by atoms with E-state index in [1.807, 2.05) is 13.1 Å². The molecule has 0 saturated heterocycles. The van der Waals surface area contributed by atoms with Gasteiger partial charge in [0, 0.05) is 24.8 Å². The van der Waals surface area contributed by atoms with Gasteiger partial charge in [0.2, 0.25) is 5.95 Å². The SMILES string of the molecule is CCC1CCc2cc(-c3c(C)nc(NCC(C)(C)C)nc3N[C@H]3CCC(CO)C3)oc2C=N1. The van der Waals surface area contributed by atoms with Crippen LogP contribution in [0.1, 0.15) is 76.8 Å². The molecule has 7 heteroatoms. The van der Waals surface area contributed by atoms with Crippen molar-refractivity contribution in [3.8, 4) is 11.3 Å². The number of aliphatic hydroxyl groups is 1. The number of aromatic nitrogens is 2. The highest BCUT2D eigenvalue weighted by atomic mass is 16.3. The fourth-order valence-corrected chi connectivity index (χ4v) is 4.71. The highest BCUT2D eigenvalue weighted by molar-refractivity contribution is 5.83. The molecule has 2 aromatic rings. The number of aliphatic hydroxyl groups excluding tert-OH is 1. The van der Waals surface area contributed by atoms with Crippen LogP contribution in [0.15, 0.2) is 15.5 Å². The second-order valence-corrected chi connectivity index (χ2v) is 10.9. The average molecular weight is 454 g/mol. The van der Waals surface area contributed by atoms with E-state index in [4.69, 9.17) is 19.4 Å². The van der Waals surface area contributed by atoms with E-state index in [0.717, 1.165) is 73.7 Å². The molecule has 1 aliphatic carbocycles. The predicted molar refractivity (Wildman–Crippen MR) is 134 cm³/mol. The third kappa shape index (κ3) is 5.75. The summed E-state index contributed by atoms with van der Waals surface area (Å²) in [6.07, 6.45) is 7.96. The number of fused-ring (bicyclic) bond motifs is 1. The fraction of sp³-hybridized carbons (Fsp3) is 0.654. The van der Waals surface area contributed by atoms with Gasteiger partial charge in [-0.1, -0.05) is 27.7 Å². The van der Waals surface area contributed by atoms with Crippen LogP contribution in [0.4, 0.5) is 11.8 Å². The highest BCUT2D eigenvalue weighted by Crippen LogP contribution is 2.37. The fourth-order valence-electron chi connectivity index (χ4n) is 4.71. The second-order valence-electron chi connectivity index (χ2n) is 10.9. The summed E-state index contributed by atoms with van der Waals surface area (Å²) >= 11 is 0. The van der Waals surface area contributed by atoms with Crippen molar-refractivity contribution in [2.75, 3.05) is 23.8 Å². The average Bonchev–Trinajstić information content (AvgIpc) is 3.34. The van der Waals surface area contributed by atoms with E-state index in [9.17, 15) is 5.11 Å². The number of furan rings is 1. The third-order valence-corrected chi connectivity index (χ3v) is 6.72. The van der Waals surface area contributed by atoms with Gasteiger partial charge in [-0.25, -0.2) is 4.98 Å². The third-order valence-electron chi connectivity index (χ3n) is 6.72. The molecule has 33 heavy (non-hydrogen) atoms. The molecule has 180 valence electrons. The molecule has 3 atom stereocenters. The maximum Gasteiger partial charge on any atom is 0.224 e. The van der Waals surface area contributed by atoms with Crippen LogP contribution in [0.5, 0.6) is 0 Å². The maximum atomic E-state index is 9.58. The van der Waals surface area contributed by atoms with Gasteiger partial charge in [-0.05, 0) is 62.8 Å². The number of aryl methyl sites for hydroxylation is 2. The van der Waals surface area contributed by atoms with Crippen LogP contribution in [0.2, 0.25) is 0 Å². The summed E-state index contributed by atoms with van der Waals surface area (Å²) in [5.74, 6) is 3.43. The monoisotopic (exact) mass is 453 g/mol. The Balaban J connectivity index is 1.68. The van der Waals surface area contributed by atoms with Gasteiger partial charge in [-0.15, -0.1) is 0 Å². The van der Waals surface area contributed by atoms with E-state index in [1.54, 1.807) is 0 Å². The highest BCUT2D eigenvalue weighted by Gasteiger charge is 2.27. The van der Waals surface area contributed by atoms with Gasteiger partial charge in [0.15, 0.2) is 0 Å². The Kier molecular flexibility index (Phi) is 7.07. The van der Waals surface area contributed by atoms with Crippen LogP contribution in [0.25, 0.3) is 11.3 Å². The number of nitrogens with one attached hydrogen (secondary N) is 2. The summed E-state index contributed by atoms with van der Waals surface area (Å²) in [5.41, 5.74) is 3.12. The van der Waals surface area contributed by atoms with Crippen molar-refractivity contribution >= 4 is 18.0 Å². The molecule has 1 fully saturated rings. The standard InChI is InChI=1S/C26H39N5O2/c1-6-19-10-8-18-12-21(33-22(18)13-27-19)23-16(2)29-25(28-15-26(3,4)5)31-24(23)30-20-9-7-17(11-20)14-32/h12-13,17,19-20,32H,6-11,14-15H2,1-5H3,(H2,28,29,30,31)/t17?,19?,20-/m0/s1. The number of anilines is 2. The van der Waals surface area contributed by atoms with Crippen molar-refractivity contribution in [1.82, 2.24) is 9.97 Å². The molecule has 2 aromatic heterocycles. The van der Waals surface area contributed by atoms with Crippen molar-refractivity contribution in [2.24, 2.45) is 16.3 Å². The molecule has 0 bridgehead atoms. The van der Waals surface area contributed by atoms with E-state index in [0.29, 0.717) is 17.9 Å². The molecule has 4 rings (SSSR count). The van der Waals surface area contributed by atoms with Gasteiger partial charge in [0.1, 0.15) is 17.3 Å². The smallest absolute Gasteiger partial charge is 0.224 e. The molecule has 1 aliphatic heterocycles. The molecule has 2 aliphatic rings. The molecule has 7 nitrogen and oxygen atoms in total. The minimum absolute atomic E-state index is 0.123. The van der Waals surface area contributed by atoms with Gasteiger partial charge in [-0.3, -0.25) is 4.99 Å². The Morgan fingerprint density at radius 2 is 2.00 bits per heavy atom. The molecule has 0 amide bonds. The molecule has 0 radical (unpaired) electrons. The van der Waals surface area contributed by atoms with Crippen molar-refractivity contribution in [3.05, 3.63) is 23.1 Å². The van der Waals surface area contributed by atoms with E-state index in [1.165, 1.54) is 5.56 Å². The van der Waals surface area contributed by atoms with E-state index in [2.05, 4.69) is 44.4 Å². The van der Waals surface area contributed by atoms with Crippen LogP contribution < -0.4 is 10.6 Å². The molecular weight excluding hydrogens is 414 g/mol. The lowest BCUT2D eigenvalue weighted by Crippen LogP contribution is -2.22. The first kappa shape index (κ1) is 23.7. The summed E-state index contributed by atoms with van der Waals surface area (Å²) in [5, 5.41) is 16.6. The normalized spacial score (nSPS) is 22.8. The van der Waals surface area contributed by atoms with Gasteiger partial charge < -0.3 is 20.2 Å². The topological polar surface area (TPSA) is 95.6 Å². The minimum Gasteiger partial charge on any atom is -0.455 e. The second kappa shape index (κ2) is 9.84. The number of aliphatic imine (C=N–C) groups is 1. The van der Waals surface area contributed by atoms with Crippen LogP contribution in [0.3, 0.4) is 0 Å². The zero-order valence-corrected chi connectivity index (χ0v) is 20.7. The predicted octanol–water partition coefficient (Wildman–Crippen LogP) is 5.22. The Morgan fingerprint density at radius 3 is 2.70 bits per heavy atom. The molecule has 2 unspecified atom stereocenters. The Labute approximate surface area is 197 Å². The van der Waals surface area contributed by atoms with E-state index < -0.39 is 0 Å². The lowest BCUT2D eigenvalue weighted by Gasteiger charge is -2.21. The first-order valence-corrected chi connectivity index (χ1v) is 12.4. The van der Waals surface area contributed by atoms with Crippen molar-refractivity contribution in [3.63, 3.8) is 0 Å². The van der Waals surface area contributed by atoms with E-state index in [-0.39, 0.29) is 18.1 Å². The largest absolute Gasteiger partial charge is 0.455 e. The van der Waals surface area contributed by atoms with Crippen LogP contribution in [0, 0.1) is 18.3 Å². The lowest BCUT2D eigenvalue weighted by atomic mass is 9.97. The first-order valence-electron chi connectivity index (χ1n) is 12.4. The number of rotatable bonds is 7. The molecule has 3 heterocycles. The molecule has 0 aromatic carbocycles. The Bertz CT molecular complexity index is 991. The summed E-state index contributed by atoms with van der Waals surface area (Å²) in [6, 6.07) is 2.79. The zero-order chi connectivity index (χ0) is 23.6. The van der Waals surface area contributed by atoms with Crippen molar-refractivity contribution < 1.29 is 9.52 Å². The quantitative estimate of drug-likeness (QED) is 0.532. The molecule has 0 spiro atoms. The van der Waals surface area contributed by atoms with Crippen LogP contribution in [-0.4, -0.2) is 46.5 Å². The molecule has 3 N–H and O–H groups in total. The number of hydrogen-bond donors (Lipinski definition) is 3. The zero-order valence-electron chi connectivity index (χ0n) is 20.7. The molecular formula is C26H39N5O2. The maximum absolute atomic E-state index is 9.58. The summed E-state index contributed by atoms with van der Waals surface area (Å²) in [7, 11) is 0. The van der Waals surface area contributed by atoms with Gasteiger partial charge in [0.25, 0.3) is 0 Å². The number of hydrogen-bond acceptors (Lipinski definition) is 7. The molecule has 1 saturated carbocycles. The van der Waals surface area contributed by atoms with Crippen molar-refractivity contribution in [1.29, 1.82) is 0 Å². The van der Waals surface area contributed by atoms with Gasteiger partial charge in [0.05, 0.1) is 23.5 Å². The van der Waals surface area contributed by atoms with E-state index >= 15 is 0 Å². The van der Waals surface area contributed by atoms with Crippen LogP contribution in [-0.2, 0) is 6.42 Å². The summed E-state index contributed by atoms with van der Waals surface area (Å²) in [4.78, 5) is 14.4. The lowest BCUT2D eigenvalue weighted by molar-refractivity contribution is 0.229. The minimum atomic E-state index is 0.123. The Morgan fingerprint density at radius 1 is 1.18 bits per heavy atom. The van der Waals surface area contributed by atoms with Crippen LogP contribution >= 0.6 is 0 Å². The van der Waals surface area contributed by atoms with Gasteiger partial charge in [-0.2, -0.15) is 4.98 Å². The Hall–Kier alpha value is -2.41. The first-order chi connectivity index (χ1) is 15.8. The summed E-state index contributed by atoms with van der Waals surface area (Å²) < 4.78 is 6.32. The van der Waals surface area contributed by atoms with Gasteiger partial charge >= 0.3 is 0 Å². The van der Waals surface area contributed by atoms with Crippen molar-refractivity contribution in [2.45, 2.75) is 85.2 Å². The summed E-state index contributed by atoms with van der Waals surface area (Å²) in [6.45, 7) is 11.8.